The fraction of sp³-hybridized carbons (Fsp3) is 0.600. The summed E-state index contributed by atoms with van der Waals surface area (Å²) >= 11 is 0. The first-order chi connectivity index (χ1) is 8.72. The van der Waals surface area contributed by atoms with Crippen LogP contribution < -0.4 is 10.5 Å². The molecule has 3 atom stereocenters. The van der Waals surface area contributed by atoms with Crippen molar-refractivity contribution in [3.8, 4) is 5.75 Å². The van der Waals surface area contributed by atoms with Gasteiger partial charge < -0.3 is 15.2 Å². The van der Waals surface area contributed by atoms with Crippen LogP contribution in [0.4, 0.5) is 0 Å². The van der Waals surface area contributed by atoms with E-state index in [9.17, 15) is 0 Å². The number of benzene rings is 1. The van der Waals surface area contributed by atoms with Gasteiger partial charge >= 0.3 is 0 Å². The van der Waals surface area contributed by atoms with Crippen LogP contribution >= 0.6 is 0 Å². The average Bonchev–Trinajstić information content (AvgIpc) is 2.38. The summed E-state index contributed by atoms with van der Waals surface area (Å²) in [6.07, 6.45) is 4.18. The number of nitrogens with two attached hydrogens (primary N) is 1. The number of hydrogen-bond donors (Lipinski definition) is 1. The largest absolute Gasteiger partial charge is 0.487 e. The van der Waals surface area contributed by atoms with Gasteiger partial charge in [-0.15, -0.1) is 0 Å². The highest BCUT2D eigenvalue weighted by atomic mass is 16.5. The van der Waals surface area contributed by atoms with Crippen molar-refractivity contribution in [3.05, 3.63) is 29.8 Å². The van der Waals surface area contributed by atoms with Crippen LogP contribution in [0.25, 0.3) is 0 Å². The minimum absolute atomic E-state index is 0.0885. The van der Waals surface area contributed by atoms with Crippen molar-refractivity contribution < 1.29 is 9.47 Å². The lowest BCUT2D eigenvalue weighted by Gasteiger charge is -2.45. The molecule has 18 heavy (non-hydrogen) atoms. The lowest BCUT2D eigenvalue weighted by atomic mass is 9.80. The molecule has 3 heteroatoms. The van der Waals surface area contributed by atoms with Crippen molar-refractivity contribution in [1.29, 1.82) is 0 Å². The zero-order chi connectivity index (χ0) is 12.6. The molecule has 1 saturated heterocycles. The first-order valence-electron chi connectivity index (χ1n) is 6.87. The zero-order valence-electron chi connectivity index (χ0n) is 10.9. The van der Waals surface area contributed by atoms with Crippen molar-refractivity contribution in [2.24, 2.45) is 5.73 Å². The standard InChI is InChI=1S/C15H21NO2/c1-2-11-9-15(7-8-17-11)10-13(16)12-5-3-4-6-14(12)18-15/h3-6,11,13H,2,7-10,16H2,1H3/t11?,13-,15?/m1/s1. The molecule has 2 unspecified atom stereocenters. The molecule has 0 amide bonds. The molecule has 0 radical (unpaired) electrons. The lowest BCUT2D eigenvalue weighted by Crippen LogP contribution is -2.49. The summed E-state index contributed by atoms with van der Waals surface area (Å²) in [4.78, 5) is 0. The predicted octanol–water partition coefficient (Wildman–Crippen LogP) is 2.80. The summed E-state index contributed by atoms with van der Waals surface area (Å²) in [7, 11) is 0. The normalized spacial score (nSPS) is 35.0. The molecule has 3 rings (SSSR count). The van der Waals surface area contributed by atoms with E-state index in [0.717, 1.165) is 43.6 Å². The van der Waals surface area contributed by atoms with E-state index >= 15 is 0 Å². The lowest BCUT2D eigenvalue weighted by molar-refractivity contribution is -0.102. The van der Waals surface area contributed by atoms with Gasteiger partial charge in [-0.2, -0.15) is 0 Å². The van der Waals surface area contributed by atoms with E-state index in [2.05, 4.69) is 13.0 Å². The van der Waals surface area contributed by atoms with Crippen LogP contribution in [0, 0.1) is 0 Å². The maximum Gasteiger partial charge on any atom is 0.124 e. The molecule has 3 nitrogen and oxygen atoms in total. The topological polar surface area (TPSA) is 44.5 Å². The van der Waals surface area contributed by atoms with Gasteiger partial charge in [-0.25, -0.2) is 0 Å². The highest BCUT2D eigenvalue weighted by Crippen LogP contribution is 2.44. The smallest absolute Gasteiger partial charge is 0.124 e. The molecule has 0 aromatic heterocycles. The predicted molar refractivity (Wildman–Crippen MR) is 70.6 cm³/mol. The zero-order valence-corrected chi connectivity index (χ0v) is 10.9. The molecule has 1 aromatic rings. The van der Waals surface area contributed by atoms with Crippen molar-refractivity contribution in [2.45, 2.75) is 50.4 Å². The third-order valence-corrected chi connectivity index (χ3v) is 4.20. The quantitative estimate of drug-likeness (QED) is 0.830. The van der Waals surface area contributed by atoms with Crippen LogP contribution in [-0.2, 0) is 4.74 Å². The van der Waals surface area contributed by atoms with E-state index in [1.165, 1.54) is 0 Å². The van der Waals surface area contributed by atoms with E-state index in [0.29, 0.717) is 6.10 Å². The van der Waals surface area contributed by atoms with Crippen molar-refractivity contribution >= 4 is 0 Å². The minimum atomic E-state index is -0.104. The Labute approximate surface area is 108 Å². The Hall–Kier alpha value is -1.06. The van der Waals surface area contributed by atoms with Crippen LogP contribution in [0.5, 0.6) is 5.75 Å². The molecule has 98 valence electrons. The second-order valence-corrected chi connectivity index (χ2v) is 5.49. The number of rotatable bonds is 1. The van der Waals surface area contributed by atoms with Gasteiger partial charge in [-0.3, -0.25) is 0 Å². The van der Waals surface area contributed by atoms with Crippen LogP contribution in [-0.4, -0.2) is 18.3 Å². The van der Waals surface area contributed by atoms with Crippen molar-refractivity contribution in [3.63, 3.8) is 0 Å². The Bertz CT molecular complexity index is 434. The molecule has 2 aliphatic heterocycles. The number of hydrogen-bond acceptors (Lipinski definition) is 3. The molecule has 0 saturated carbocycles. The third kappa shape index (κ3) is 2.02. The Morgan fingerprint density at radius 1 is 1.33 bits per heavy atom. The molecule has 1 aromatic carbocycles. The highest BCUT2D eigenvalue weighted by Gasteiger charge is 2.43. The van der Waals surface area contributed by atoms with Crippen LogP contribution in [0.1, 0.15) is 44.2 Å². The summed E-state index contributed by atoms with van der Waals surface area (Å²) in [6, 6.07) is 8.24. The fourth-order valence-corrected chi connectivity index (χ4v) is 3.19. The number of fused-ring (bicyclic) bond motifs is 1. The van der Waals surface area contributed by atoms with E-state index in [-0.39, 0.29) is 11.6 Å². The van der Waals surface area contributed by atoms with Crippen LogP contribution in [0.15, 0.2) is 24.3 Å². The Kier molecular flexibility index (Phi) is 3.04. The molecule has 2 N–H and O–H groups in total. The van der Waals surface area contributed by atoms with Crippen LogP contribution in [0.3, 0.4) is 0 Å². The summed E-state index contributed by atoms with van der Waals surface area (Å²) in [5.74, 6) is 0.966. The Morgan fingerprint density at radius 3 is 3.00 bits per heavy atom. The first kappa shape index (κ1) is 12.0. The van der Waals surface area contributed by atoms with Gasteiger partial charge in [0.15, 0.2) is 0 Å². The van der Waals surface area contributed by atoms with Crippen LogP contribution in [0.2, 0.25) is 0 Å². The minimum Gasteiger partial charge on any atom is -0.487 e. The van der Waals surface area contributed by atoms with E-state index in [1.807, 2.05) is 18.2 Å². The summed E-state index contributed by atoms with van der Waals surface area (Å²) in [5.41, 5.74) is 7.35. The third-order valence-electron chi connectivity index (χ3n) is 4.20. The van der Waals surface area contributed by atoms with Crippen molar-refractivity contribution in [1.82, 2.24) is 0 Å². The monoisotopic (exact) mass is 247 g/mol. The van der Waals surface area contributed by atoms with Gasteiger partial charge in [0.1, 0.15) is 11.4 Å². The SMILES string of the molecule is CCC1CC2(CCO1)C[C@@H](N)c1ccccc1O2. The number of para-hydroxylation sites is 1. The second kappa shape index (κ2) is 4.56. The van der Waals surface area contributed by atoms with Gasteiger partial charge in [0.05, 0.1) is 12.7 Å². The van der Waals surface area contributed by atoms with Gasteiger partial charge in [0, 0.05) is 30.9 Å². The number of ether oxygens (including phenoxy) is 2. The maximum absolute atomic E-state index is 6.32. The summed E-state index contributed by atoms with van der Waals surface area (Å²) < 4.78 is 12.1. The average molecular weight is 247 g/mol. The summed E-state index contributed by atoms with van der Waals surface area (Å²) in [6.45, 7) is 2.95. The molecule has 2 heterocycles. The van der Waals surface area contributed by atoms with Crippen molar-refractivity contribution in [2.75, 3.05) is 6.61 Å². The van der Waals surface area contributed by atoms with Gasteiger partial charge in [0.2, 0.25) is 0 Å². The van der Waals surface area contributed by atoms with E-state index < -0.39 is 0 Å². The van der Waals surface area contributed by atoms with E-state index in [1.54, 1.807) is 0 Å². The van der Waals surface area contributed by atoms with Gasteiger partial charge in [-0.05, 0) is 12.5 Å². The molecule has 0 aliphatic carbocycles. The molecule has 2 aliphatic rings. The molecule has 1 spiro atoms. The molecule has 0 bridgehead atoms. The second-order valence-electron chi connectivity index (χ2n) is 5.49. The highest BCUT2D eigenvalue weighted by molar-refractivity contribution is 5.38. The fourth-order valence-electron chi connectivity index (χ4n) is 3.19. The van der Waals surface area contributed by atoms with Gasteiger partial charge in [0.25, 0.3) is 0 Å². The molecular formula is C15H21NO2. The first-order valence-corrected chi connectivity index (χ1v) is 6.87. The van der Waals surface area contributed by atoms with Gasteiger partial charge in [-0.1, -0.05) is 25.1 Å². The Balaban J connectivity index is 1.88. The summed E-state index contributed by atoms with van der Waals surface area (Å²) in [5, 5.41) is 0. The molecular weight excluding hydrogens is 226 g/mol. The Morgan fingerprint density at radius 2 is 2.17 bits per heavy atom. The molecule has 1 fully saturated rings. The maximum atomic E-state index is 6.32. The van der Waals surface area contributed by atoms with E-state index in [4.69, 9.17) is 15.2 Å².